The van der Waals surface area contributed by atoms with Gasteiger partial charge in [-0.1, -0.05) is 18.2 Å². The van der Waals surface area contributed by atoms with Crippen molar-refractivity contribution < 1.29 is 32.2 Å². The number of nitrogens with one attached hydrogen (secondary N) is 1. The third-order valence-electron chi connectivity index (χ3n) is 3.45. The summed E-state index contributed by atoms with van der Waals surface area (Å²) in [5, 5.41) is 2.71. The van der Waals surface area contributed by atoms with Crippen LogP contribution in [0, 0.1) is 0 Å². The van der Waals surface area contributed by atoms with E-state index < -0.39 is 12.8 Å². The minimum Gasteiger partial charge on any atom is -0.497 e. The number of amides is 1. The Bertz CT molecular complexity index is 732. The van der Waals surface area contributed by atoms with E-state index in [4.69, 9.17) is 9.47 Å². The molecule has 0 aliphatic rings. The molecule has 0 aromatic heterocycles. The van der Waals surface area contributed by atoms with Gasteiger partial charge in [0, 0.05) is 11.6 Å². The molecule has 0 saturated heterocycles. The standard InChI is InChI=1S/C19H20F3NO4/c1-25-16-3-2-4-17(11-16)27-10-9-23-18(24)15-7-5-14(6-8-15)12-26-13-19(20,21)22/h2-8,11H,9-10,12-13H2,1H3,(H,23,24). The number of ether oxygens (including phenoxy) is 3. The lowest BCUT2D eigenvalue weighted by atomic mass is 10.1. The molecule has 0 heterocycles. The molecule has 5 nitrogen and oxygen atoms in total. The van der Waals surface area contributed by atoms with Crippen LogP contribution >= 0.6 is 0 Å². The number of benzene rings is 2. The van der Waals surface area contributed by atoms with Crippen LogP contribution in [0.2, 0.25) is 0 Å². The highest BCUT2D eigenvalue weighted by molar-refractivity contribution is 5.94. The lowest BCUT2D eigenvalue weighted by Gasteiger charge is -2.10. The average molecular weight is 383 g/mol. The van der Waals surface area contributed by atoms with Gasteiger partial charge in [0.1, 0.15) is 24.7 Å². The molecule has 0 fully saturated rings. The number of methoxy groups -OCH3 is 1. The zero-order chi connectivity index (χ0) is 19.7. The van der Waals surface area contributed by atoms with Gasteiger partial charge in [-0.3, -0.25) is 4.79 Å². The first kappa shape index (κ1) is 20.6. The quantitative estimate of drug-likeness (QED) is 0.673. The van der Waals surface area contributed by atoms with Crippen molar-refractivity contribution in [1.82, 2.24) is 5.32 Å². The summed E-state index contributed by atoms with van der Waals surface area (Å²) < 4.78 is 51.3. The fourth-order valence-electron chi connectivity index (χ4n) is 2.16. The first-order valence-electron chi connectivity index (χ1n) is 8.16. The van der Waals surface area contributed by atoms with E-state index in [-0.39, 0.29) is 19.1 Å². The molecular formula is C19H20F3NO4. The number of carbonyl (C=O) groups is 1. The van der Waals surface area contributed by atoms with Crippen LogP contribution in [0.4, 0.5) is 13.2 Å². The Labute approximate surface area is 155 Å². The van der Waals surface area contributed by atoms with E-state index in [0.717, 1.165) is 0 Å². The van der Waals surface area contributed by atoms with Crippen molar-refractivity contribution >= 4 is 5.91 Å². The van der Waals surface area contributed by atoms with E-state index in [1.165, 1.54) is 12.1 Å². The summed E-state index contributed by atoms with van der Waals surface area (Å²) in [5.74, 6) is 1.01. The lowest BCUT2D eigenvalue weighted by Crippen LogP contribution is -2.28. The number of carbonyl (C=O) groups excluding carboxylic acids is 1. The Morgan fingerprint density at radius 2 is 1.78 bits per heavy atom. The summed E-state index contributed by atoms with van der Waals surface area (Å²) >= 11 is 0. The molecule has 0 aliphatic heterocycles. The lowest BCUT2D eigenvalue weighted by molar-refractivity contribution is -0.176. The highest BCUT2D eigenvalue weighted by Gasteiger charge is 2.27. The van der Waals surface area contributed by atoms with E-state index in [9.17, 15) is 18.0 Å². The maximum atomic E-state index is 12.0. The first-order valence-corrected chi connectivity index (χ1v) is 8.16. The molecule has 0 spiro atoms. The smallest absolute Gasteiger partial charge is 0.411 e. The van der Waals surface area contributed by atoms with Crippen molar-refractivity contribution in [3.05, 3.63) is 59.7 Å². The zero-order valence-corrected chi connectivity index (χ0v) is 14.7. The van der Waals surface area contributed by atoms with Crippen molar-refractivity contribution in [3.63, 3.8) is 0 Å². The Kier molecular flexibility index (Phi) is 7.48. The number of hydrogen-bond acceptors (Lipinski definition) is 4. The molecule has 0 saturated carbocycles. The van der Waals surface area contributed by atoms with Gasteiger partial charge in [-0.25, -0.2) is 0 Å². The molecule has 2 aromatic rings. The Morgan fingerprint density at radius 1 is 1.07 bits per heavy atom. The maximum absolute atomic E-state index is 12.0. The van der Waals surface area contributed by atoms with Gasteiger partial charge < -0.3 is 19.5 Å². The normalized spacial score (nSPS) is 11.1. The molecular weight excluding hydrogens is 363 g/mol. The Balaban J connectivity index is 1.72. The maximum Gasteiger partial charge on any atom is 0.411 e. The predicted molar refractivity (Wildman–Crippen MR) is 93.0 cm³/mol. The van der Waals surface area contributed by atoms with Crippen LogP contribution in [-0.2, 0) is 11.3 Å². The fourth-order valence-corrected chi connectivity index (χ4v) is 2.16. The first-order chi connectivity index (χ1) is 12.9. The van der Waals surface area contributed by atoms with E-state index >= 15 is 0 Å². The van der Waals surface area contributed by atoms with Crippen LogP contribution in [0.5, 0.6) is 11.5 Å². The third-order valence-corrected chi connectivity index (χ3v) is 3.45. The van der Waals surface area contributed by atoms with Crippen LogP contribution in [0.1, 0.15) is 15.9 Å². The average Bonchev–Trinajstić information content (AvgIpc) is 2.65. The summed E-state index contributed by atoms with van der Waals surface area (Å²) in [6.07, 6.45) is -4.35. The highest BCUT2D eigenvalue weighted by atomic mass is 19.4. The van der Waals surface area contributed by atoms with Gasteiger partial charge in [-0.2, -0.15) is 13.2 Å². The second-order valence-corrected chi connectivity index (χ2v) is 5.59. The van der Waals surface area contributed by atoms with E-state index in [1.54, 1.807) is 43.5 Å². The molecule has 1 amide bonds. The van der Waals surface area contributed by atoms with E-state index in [2.05, 4.69) is 10.1 Å². The predicted octanol–water partition coefficient (Wildman–Crippen LogP) is 3.58. The van der Waals surface area contributed by atoms with Gasteiger partial charge in [-0.15, -0.1) is 0 Å². The number of halogens is 3. The number of rotatable bonds is 9. The van der Waals surface area contributed by atoms with Crippen molar-refractivity contribution in [2.45, 2.75) is 12.8 Å². The summed E-state index contributed by atoms with van der Waals surface area (Å²) in [4.78, 5) is 12.0. The van der Waals surface area contributed by atoms with Crippen molar-refractivity contribution in [2.24, 2.45) is 0 Å². The van der Waals surface area contributed by atoms with Gasteiger partial charge in [0.2, 0.25) is 0 Å². The molecule has 1 N–H and O–H groups in total. The van der Waals surface area contributed by atoms with Gasteiger partial charge in [0.05, 0.1) is 20.3 Å². The van der Waals surface area contributed by atoms with Crippen LogP contribution in [0.25, 0.3) is 0 Å². The van der Waals surface area contributed by atoms with Crippen molar-refractivity contribution in [3.8, 4) is 11.5 Å². The monoisotopic (exact) mass is 383 g/mol. The molecule has 0 radical (unpaired) electrons. The SMILES string of the molecule is COc1cccc(OCCNC(=O)c2ccc(COCC(F)(F)F)cc2)c1. The second-order valence-electron chi connectivity index (χ2n) is 5.59. The van der Waals surface area contributed by atoms with Crippen LogP contribution in [0.3, 0.4) is 0 Å². The van der Waals surface area contributed by atoms with Crippen LogP contribution in [0.15, 0.2) is 48.5 Å². The minimum atomic E-state index is -4.35. The zero-order valence-electron chi connectivity index (χ0n) is 14.7. The van der Waals surface area contributed by atoms with Gasteiger partial charge >= 0.3 is 6.18 Å². The van der Waals surface area contributed by atoms with Gasteiger partial charge in [-0.05, 0) is 29.8 Å². The summed E-state index contributed by atoms with van der Waals surface area (Å²) in [7, 11) is 1.56. The number of hydrogen-bond donors (Lipinski definition) is 1. The Hall–Kier alpha value is -2.74. The third kappa shape index (κ3) is 7.57. The number of alkyl halides is 3. The van der Waals surface area contributed by atoms with Gasteiger partial charge in [0.25, 0.3) is 5.91 Å². The largest absolute Gasteiger partial charge is 0.497 e. The van der Waals surface area contributed by atoms with E-state index in [1.807, 2.05) is 0 Å². The summed E-state index contributed by atoms with van der Waals surface area (Å²) in [6, 6.07) is 13.3. The summed E-state index contributed by atoms with van der Waals surface area (Å²) in [6.45, 7) is -0.896. The fraction of sp³-hybridized carbons (Fsp3) is 0.316. The molecule has 0 bridgehead atoms. The van der Waals surface area contributed by atoms with E-state index in [0.29, 0.717) is 29.2 Å². The van der Waals surface area contributed by atoms with Crippen LogP contribution in [-0.4, -0.2) is 39.0 Å². The minimum absolute atomic E-state index is 0.171. The van der Waals surface area contributed by atoms with Gasteiger partial charge in [0.15, 0.2) is 0 Å². The molecule has 2 rings (SSSR count). The molecule has 8 heteroatoms. The molecule has 0 aliphatic carbocycles. The summed E-state index contributed by atoms with van der Waals surface area (Å²) in [5.41, 5.74) is 0.952. The topological polar surface area (TPSA) is 56.8 Å². The molecule has 146 valence electrons. The highest BCUT2D eigenvalue weighted by Crippen LogP contribution is 2.18. The second kappa shape index (κ2) is 9.82. The molecule has 27 heavy (non-hydrogen) atoms. The molecule has 0 unspecified atom stereocenters. The van der Waals surface area contributed by atoms with Crippen molar-refractivity contribution in [1.29, 1.82) is 0 Å². The molecule has 0 atom stereocenters. The molecule has 2 aromatic carbocycles. The van der Waals surface area contributed by atoms with Crippen LogP contribution < -0.4 is 14.8 Å². The van der Waals surface area contributed by atoms with Crippen molar-refractivity contribution in [2.75, 3.05) is 26.9 Å². The Morgan fingerprint density at radius 3 is 2.44 bits per heavy atom.